The molecule has 0 aromatic heterocycles. The van der Waals surface area contributed by atoms with Crippen LogP contribution in [0.25, 0.3) is 0 Å². The van der Waals surface area contributed by atoms with Crippen molar-refractivity contribution in [3.63, 3.8) is 0 Å². The van der Waals surface area contributed by atoms with E-state index in [4.69, 9.17) is 9.47 Å². The van der Waals surface area contributed by atoms with Gasteiger partial charge in [-0.2, -0.15) is 0 Å². The van der Waals surface area contributed by atoms with Crippen LogP contribution in [0.5, 0.6) is 5.75 Å². The maximum Gasteiger partial charge on any atom is 0.169 e. The zero-order valence-electron chi connectivity index (χ0n) is 10.7. The standard InChI is InChI=1S/C14H20FNO2/c1-17-13-4-2-3-12(14(13)15)10-16-9-11-5-7-18-8-6-11/h2-4,11,16H,5-10H2,1H3. The molecule has 1 aromatic carbocycles. The normalized spacial score (nSPS) is 16.8. The van der Waals surface area contributed by atoms with Crippen LogP contribution < -0.4 is 10.1 Å². The molecule has 18 heavy (non-hydrogen) atoms. The Morgan fingerprint density at radius 1 is 1.39 bits per heavy atom. The smallest absolute Gasteiger partial charge is 0.169 e. The molecule has 100 valence electrons. The Kier molecular flexibility index (Phi) is 4.96. The first-order valence-corrected chi connectivity index (χ1v) is 6.41. The van der Waals surface area contributed by atoms with Gasteiger partial charge in [-0.05, 0) is 31.4 Å². The Morgan fingerprint density at radius 2 is 2.17 bits per heavy atom. The summed E-state index contributed by atoms with van der Waals surface area (Å²) < 4.78 is 24.1. The lowest BCUT2D eigenvalue weighted by Gasteiger charge is -2.22. The number of nitrogens with one attached hydrogen (secondary N) is 1. The molecule has 0 aliphatic carbocycles. The molecule has 0 atom stereocenters. The first-order valence-electron chi connectivity index (χ1n) is 6.41. The lowest BCUT2D eigenvalue weighted by Crippen LogP contribution is -2.27. The predicted octanol–water partition coefficient (Wildman–Crippen LogP) is 2.35. The van der Waals surface area contributed by atoms with E-state index in [1.165, 1.54) is 7.11 Å². The molecule has 0 unspecified atom stereocenters. The fraction of sp³-hybridized carbons (Fsp3) is 0.571. The lowest BCUT2D eigenvalue weighted by atomic mass is 10.0. The molecule has 0 bridgehead atoms. The summed E-state index contributed by atoms with van der Waals surface area (Å²) in [6.07, 6.45) is 2.18. The minimum atomic E-state index is -0.264. The third-order valence-corrected chi connectivity index (χ3v) is 3.35. The molecule has 1 aliphatic rings. The largest absolute Gasteiger partial charge is 0.494 e. The molecule has 1 heterocycles. The SMILES string of the molecule is COc1cccc(CNCC2CCOCC2)c1F. The second-order valence-corrected chi connectivity index (χ2v) is 4.62. The van der Waals surface area contributed by atoms with Gasteiger partial charge in [-0.3, -0.25) is 0 Å². The Balaban J connectivity index is 1.82. The first kappa shape index (κ1) is 13.3. The van der Waals surface area contributed by atoms with Gasteiger partial charge < -0.3 is 14.8 Å². The summed E-state index contributed by atoms with van der Waals surface area (Å²) in [5.74, 6) is 0.687. The van der Waals surface area contributed by atoms with Gasteiger partial charge in [0.25, 0.3) is 0 Å². The van der Waals surface area contributed by atoms with Gasteiger partial charge in [0.2, 0.25) is 0 Å². The molecule has 0 radical (unpaired) electrons. The van der Waals surface area contributed by atoms with Crippen LogP contribution in [0.2, 0.25) is 0 Å². The highest BCUT2D eigenvalue weighted by atomic mass is 19.1. The zero-order chi connectivity index (χ0) is 12.8. The van der Waals surface area contributed by atoms with E-state index in [1.807, 2.05) is 6.07 Å². The number of halogens is 1. The van der Waals surface area contributed by atoms with E-state index < -0.39 is 0 Å². The minimum absolute atomic E-state index is 0.264. The van der Waals surface area contributed by atoms with Crippen molar-refractivity contribution in [1.29, 1.82) is 0 Å². The van der Waals surface area contributed by atoms with E-state index in [-0.39, 0.29) is 5.82 Å². The van der Waals surface area contributed by atoms with E-state index in [2.05, 4.69) is 5.32 Å². The number of hydrogen-bond donors (Lipinski definition) is 1. The van der Waals surface area contributed by atoms with Gasteiger partial charge in [-0.1, -0.05) is 12.1 Å². The fourth-order valence-electron chi connectivity index (χ4n) is 2.21. The van der Waals surface area contributed by atoms with Crippen molar-refractivity contribution in [1.82, 2.24) is 5.32 Å². The third kappa shape index (κ3) is 3.43. The number of rotatable bonds is 5. The van der Waals surface area contributed by atoms with Crippen LogP contribution in [0.1, 0.15) is 18.4 Å². The van der Waals surface area contributed by atoms with Gasteiger partial charge in [0.15, 0.2) is 11.6 Å². The van der Waals surface area contributed by atoms with E-state index >= 15 is 0 Å². The molecule has 3 nitrogen and oxygen atoms in total. The molecule has 0 amide bonds. The molecule has 1 aromatic rings. The van der Waals surface area contributed by atoms with Crippen LogP contribution in [0.4, 0.5) is 4.39 Å². The summed E-state index contributed by atoms with van der Waals surface area (Å²) >= 11 is 0. The quantitative estimate of drug-likeness (QED) is 0.873. The van der Waals surface area contributed by atoms with Gasteiger partial charge in [-0.25, -0.2) is 4.39 Å². The lowest BCUT2D eigenvalue weighted by molar-refractivity contribution is 0.0662. The van der Waals surface area contributed by atoms with Crippen molar-refractivity contribution >= 4 is 0 Å². The monoisotopic (exact) mass is 253 g/mol. The van der Waals surface area contributed by atoms with Gasteiger partial charge in [0.05, 0.1) is 7.11 Å². The molecule has 4 heteroatoms. The Bertz CT molecular complexity index is 378. The Labute approximate surface area is 107 Å². The highest BCUT2D eigenvalue weighted by molar-refractivity contribution is 5.30. The van der Waals surface area contributed by atoms with E-state index in [0.717, 1.165) is 32.6 Å². The maximum absolute atomic E-state index is 13.9. The third-order valence-electron chi connectivity index (χ3n) is 3.35. The second kappa shape index (κ2) is 6.71. The molecule has 2 rings (SSSR count). The number of benzene rings is 1. The van der Waals surface area contributed by atoms with Crippen LogP contribution in [-0.2, 0) is 11.3 Å². The summed E-state index contributed by atoms with van der Waals surface area (Å²) in [4.78, 5) is 0. The van der Waals surface area contributed by atoms with Gasteiger partial charge in [-0.15, -0.1) is 0 Å². The predicted molar refractivity (Wildman–Crippen MR) is 68.2 cm³/mol. The maximum atomic E-state index is 13.9. The van der Waals surface area contributed by atoms with Gasteiger partial charge >= 0.3 is 0 Å². The highest BCUT2D eigenvalue weighted by Crippen LogP contribution is 2.20. The molecular weight excluding hydrogens is 233 g/mol. The summed E-state index contributed by atoms with van der Waals surface area (Å²) in [6.45, 7) is 3.15. The topological polar surface area (TPSA) is 30.5 Å². The van der Waals surface area contributed by atoms with Crippen molar-refractivity contribution in [2.75, 3.05) is 26.9 Å². The van der Waals surface area contributed by atoms with Crippen molar-refractivity contribution in [3.8, 4) is 5.75 Å². The zero-order valence-corrected chi connectivity index (χ0v) is 10.7. The van der Waals surface area contributed by atoms with E-state index in [9.17, 15) is 4.39 Å². The Hall–Kier alpha value is -1.13. The van der Waals surface area contributed by atoms with Crippen LogP contribution in [0, 0.1) is 11.7 Å². The Morgan fingerprint density at radius 3 is 2.89 bits per heavy atom. The van der Waals surface area contributed by atoms with Gasteiger partial charge in [0, 0.05) is 25.3 Å². The first-order chi connectivity index (χ1) is 8.81. The number of hydrogen-bond acceptors (Lipinski definition) is 3. The minimum Gasteiger partial charge on any atom is -0.494 e. The second-order valence-electron chi connectivity index (χ2n) is 4.62. The van der Waals surface area contributed by atoms with E-state index in [0.29, 0.717) is 23.8 Å². The molecule has 1 aliphatic heterocycles. The van der Waals surface area contributed by atoms with Crippen LogP contribution >= 0.6 is 0 Å². The number of methoxy groups -OCH3 is 1. The summed E-state index contributed by atoms with van der Waals surface area (Å²) in [5.41, 5.74) is 0.654. The fourth-order valence-corrected chi connectivity index (χ4v) is 2.21. The summed E-state index contributed by atoms with van der Waals surface area (Å²) in [7, 11) is 1.48. The average Bonchev–Trinajstić information content (AvgIpc) is 2.42. The molecule has 1 fully saturated rings. The summed E-state index contributed by atoms with van der Waals surface area (Å²) in [5, 5.41) is 3.31. The van der Waals surface area contributed by atoms with Crippen molar-refractivity contribution < 1.29 is 13.9 Å². The van der Waals surface area contributed by atoms with Crippen molar-refractivity contribution in [3.05, 3.63) is 29.6 Å². The molecule has 1 N–H and O–H groups in total. The molecule has 0 saturated carbocycles. The molecular formula is C14H20FNO2. The van der Waals surface area contributed by atoms with Crippen LogP contribution in [-0.4, -0.2) is 26.9 Å². The molecule has 1 saturated heterocycles. The van der Waals surface area contributed by atoms with Crippen LogP contribution in [0.3, 0.4) is 0 Å². The van der Waals surface area contributed by atoms with Gasteiger partial charge in [0.1, 0.15) is 0 Å². The number of ether oxygens (including phenoxy) is 2. The van der Waals surface area contributed by atoms with E-state index in [1.54, 1.807) is 12.1 Å². The molecule has 0 spiro atoms. The van der Waals surface area contributed by atoms with Crippen molar-refractivity contribution in [2.45, 2.75) is 19.4 Å². The van der Waals surface area contributed by atoms with Crippen LogP contribution in [0.15, 0.2) is 18.2 Å². The summed E-state index contributed by atoms with van der Waals surface area (Å²) in [6, 6.07) is 5.24. The highest BCUT2D eigenvalue weighted by Gasteiger charge is 2.14. The van der Waals surface area contributed by atoms with Crippen molar-refractivity contribution in [2.24, 2.45) is 5.92 Å². The average molecular weight is 253 g/mol.